The van der Waals surface area contributed by atoms with E-state index in [2.05, 4.69) is 0 Å². The molecule has 186 valence electrons. The molecule has 2 heterocycles. The average Bonchev–Trinajstić information content (AvgIpc) is 3.32. The van der Waals surface area contributed by atoms with Crippen molar-refractivity contribution in [2.45, 2.75) is 37.6 Å². The van der Waals surface area contributed by atoms with Crippen LogP contribution >= 0.6 is 11.3 Å². The van der Waals surface area contributed by atoms with Gasteiger partial charge < -0.3 is 9.64 Å². The second-order valence-electron chi connectivity index (χ2n) is 8.57. The molecule has 1 amide bonds. The summed E-state index contributed by atoms with van der Waals surface area (Å²) >= 11 is 1.64. The van der Waals surface area contributed by atoms with Crippen molar-refractivity contribution in [2.24, 2.45) is 0 Å². The Morgan fingerprint density at radius 3 is 2.54 bits per heavy atom. The lowest BCUT2D eigenvalue weighted by molar-refractivity contribution is -0.135. The molecule has 0 fully saturated rings. The first-order chi connectivity index (χ1) is 16.8. The minimum atomic E-state index is -3.82. The molecule has 3 aromatic rings. The molecule has 4 rings (SSSR count). The van der Waals surface area contributed by atoms with E-state index in [1.165, 1.54) is 21.3 Å². The van der Waals surface area contributed by atoms with Crippen LogP contribution in [0.3, 0.4) is 0 Å². The maximum absolute atomic E-state index is 13.5. The monoisotopic (exact) mass is 516 g/mol. The number of fused-ring (bicyclic) bond motifs is 1. The van der Waals surface area contributed by atoms with Crippen molar-refractivity contribution in [3.05, 3.63) is 81.8 Å². The fourth-order valence-corrected chi connectivity index (χ4v) is 6.62. The molecule has 1 aromatic heterocycles. The number of nitrogens with zero attached hydrogens (tertiary/aromatic N) is 2. The topological polar surface area (TPSA) is 66.9 Å². The lowest BCUT2D eigenvalue weighted by Crippen LogP contribution is -2.48. The van der Waals surface area contributed by atoms with E-state index < -0.39 is 10.0 Å². The molecule has 0 unspecified atom stereocenters. The maximum atomic E-state index is 13.5. The largest absolute Gasteiger partial charge is 0.491 e. The summed E-state index contributed by atoms with van der Waals surface area (Å²) in [5.41, 5.74) is 1.98. The third-order valence-corrected chi connectivity index (χ3v) is 8.94. The third kappa shape index (κ3) is 5.74. The molecule has 1 aliphatic rings. The quantitative estimate of drug-likeness (QED) is 0.410. The van der Waals surface area contributed by atoms with Crippen molar-refractivity contribution in [3.8, 4) is 5.75 Å². The number of ether oxygens (including phenoxy) is 1. The van der Waals surface area contributed by atoms with Crippen LogP contribution in [0.5, 0.6) is 5.75 Å². The smallest absolute Gasteiger partial charge is 0.243 e. The van der Waals surface area contributed by atoms with Crippen LogP contribution in [0.25, 0.3) is 0 Å². The Labute approximate surface area is 210 Å². The Kier molecular flexibility index (Phi) is 7.88. The first-order valence-corrected chi connectivity index (χ1v) is 13.9. The van der Waals surface area contributed by atoms with Crippen molar-refractivity contribution >= 4 is 27.3 Å². The minimum Gasteiger partial charge on any atom is -0.491 e. The fraction of sp³-hybridized carbons (Fsp3) is 0.346. The number of hydrogen-bond donors (Lipinski definition) is 0. The highest BCUT2D eigenvalue weighted by molar-refractivity contribution is 7.89. The number of benzene rings is 2. The highest BCUT2D eigenvalue weighted by Gasteiger charge is 2.35. The van der Waals surface area contributed by atoms with Gasteiger partial charge in [-0.25, -0.2) is 12.8 Å². The zero-order valence-corrected chi connectivity index (χ0v) is 21.4. The van der Waals surface area contributed by atoms with Crippen LogP contribution in [0.2, 0.25) is 0 Å². The maximum Gasteiger partial charge on any atom is 0.243 e. The van der Waals surface area contributed by atoms with E-state index in [9.17, 15) is 17.6 Å². The second kappa shape index (κ2) is 10.9. The normalized spacial score (nSPS) is 15.8. The summed E-state index contributed by atoms with van der Waals surface area (Å²) in [6.45, 7) is 4.47. The molecule has 35 heavy (non-hydrogen) atoms. The lowest BCUT2D eigenvalue weighted by atomic mass is 10.0. The van der Waals surface area contributed by atoms with Gasteiger partial charge in [-0.2, -0.15) is 4.31 Å². The van der Waals surface area contributed by atoms with Crippen LogP contribution in [0.1, 0.15) is 35.4 Å². The number of aryl methyl sites for hydroxylation is 1. The van der Waals surface area contributed by atoms with E-state index in [4.69, 9.17) is 4.74 Å². The van der Waals surface area contributed by atoms with Gasteiger partial charge in [0, 0.05) is 18.0 Å². The van der Waals surface area contributed by atoms with Crippen molar-refractivity contribution in [3.63, 3.8) is 0 Å². The summed E-state index contributed by atoms with van der Waals surface area (Å²) in [7, 11) is -3.82. The van der Waals surface area contributed by atoms with Gasteiger partial charge in [0.15, 0.2) is 0 Å². The van der Waals surface area contributed by atoms with Gasteiger partial charge in [0.2, 0.25) is 15.9 Å². The minimum absolute atomic E-state index is 0.180. The molecule has 6 nitrogen and oxygen atoms in total. The molecule has 0 saturated carbocycles. The van der Waals surface area contributed by atoms with E-state index in [1.807, 2.05) is 25.3 Å². The van der Waals surface area contributed by atoms with Gasteiger partial charge in [-0.3, -0.25) is 4.79 Å². The molecule has 1 atom stereocenters. The predicted octanol–water partition coefficient (Wildman–Crippen LogP) is 4.80. The van der Waals surface area contributed by atoms with Crippen LogP contribution in [0, 0.1) is 12.7 Å². The van der Waals surface area contributed by atoms with Gasteiger partial charge >= 0.3 is 0 Å². The Balaban J connectivity index is 1.55. The Hall–Kier alpha value is -2.75. The Morgan fingerprint density at radius 2 is 1.86 bits per heavy atom. The average molecular weight is 517 g/mol. The number of sulfonamides is 1. The molecular weight excluding hydrogens is 487 g/mol. The number of amides is 1. The molecular formula is C26H29FN2O4S2. The van der Waals surface area contributed by atoms with Crippen LogP contribution in [-0.2, 0) is 21.2 Å². The van der Waals surface area contributed by atoms with E-state index in [1.54, 1.807) is 52.6 Å². The fourth-order valence-electron chi connectivity index (χ4n) is 4.22. The lowest BCUT2D eigenvalue weighted by Gasteiger charge is -2.37. The van der Waals surface area contributed by atoms with Gasteiger partial charge in [-0.15, -0.1) is 11.3 Å². The zero-order chi connectivity index (χ0) is 25.0. The van der Waals surface area contributed by atoms with Gasteiger partial charge in [0.05, 0.1) is 17.5 Å². The molecule has 2 aromatic carbocycles. The molecule has 0 bridgehead atoms. The molecule has 1 aliphatic heterocycles. The molecule has 0 radical (unpaired) electrons. The number of thiophene rings is 1. The highest BCUT2D eigenvalue weighted by atomic mass is 32.2. The van der Waals surface area contributed by atoms with E-state index >= 15 is 0 Å². The molecule has 0 spiro atoms. The number of rotatable bonds is 9. The first-order valence-electron chi connectivity index (χ1n) is 11.6. The van der Waals surface area contributed by atoms with E-state index in [-0.39, 0.29) is 42.4 Å². The van der Waals surface area contributed by atoms with Crippen molar-refractivity contribution in [2.75, 3.05) is 26.2 Å². The van der Waals surface area contributed by atoms with Crippen molar-refractivity contribution < 1.29 is 22.3 Å². The molecule has 0 saturated heterocycles. The first kappa shape index (κ1) is 25.3. The highest BCUT2D eigenvalue weighted by Crippen LogP contribution is 2.34. The number of hydrogen-bond acceptors (Lipinski definition) is 5. The Morgan fingerprint density at radius 1 is 1.14 bits per heavy atom. The number of halogens is 1. The number of carbonyl (C=O) groups is 1. The van der Waals surface area contributed by atoms with Crippen molar-refractivity contribution in [1.29, 1.82) is 0 Å². The second-order valence-corrected chi connectivity index (χ2v) is 11.5. The molecule has 0 N–H and O–H groups in total. The zero-order valence-electron chi connectivity index (χ0n) is 19.8. The SMILES string of the molecule is CCCN(CC(=O)N1CCc2sccc2[C@H]1COc1ccc(F)cc1)S(=O)(=O)c1ccc(C)cc1. The summed E-state index contributed by atoms with van der Waals surface area (Å²) < 4.78 is 47.1. The van der Waals surface area contributed by atoms with Gasteiger partial charge in [-0.1, -0.05) is 24.6 Å². The van der Waals surface area contributed by atoms with E-state index in [0.717, 1.165) is 11.1 Å². The van der Waals surface area contributed by atoms with Crippen LogP contribution in [0.4, 0.5) is 4.39 Å². The van der Waals surface area contributed by atoms with E-state index in [0.29, 0.717) is 25.1 Å². The van der Waals surface area contributed by atoms with Crippen LogP contribution in [-0.4, -0.2) is 49.8 Å². The van der Waals surface area contributed by atoms with Gasteiger partial charge in [0.1, 0.15) is 18.2 Å². The van der Waals surface area contributed by atoms with Crippen molar-refractivity contribution in [1.82, 2.24) is 9.21 Å². The summed E-state index contributed by atoms with van der Waals surface area (Å²) in [4.78, 5) is 16.6. The third-order valence-electron chi connectivity index (χ3n) is 6.08. The Bertz CT molecular complexity index is 1260. The summed E-state index contributed by atoms with van der Waals surface area (Å²) in [6, 6.07) is 14.1. The number of carbonyl (C=O) groups excluding carboxylic acids is 1. The predicted molar refractivity (Wildman–Crippen MR) is 135 cm³/mol. The summed E-state index contributed by atoms with van der Waals surface area (Å²) in [5.74, 6) is -0.104. The summed E-state index contributed by atoms with van der Waals surface area (Å²) in [6.07, 6.45) is 1.30. The van der Waals surface area contributed by atoms with Crippen LogP contribution < -0.4 is 4.74 Å². The van der Waals surface area contributed by atoms with Gasteiger partial charge in [0.25, 0.3) is 0 Å². The van der Waals surface area contributed by atoms with Gasteiger partial charge in [-0.05, 0) is 73.2 Å². The molecule has 9 heteroatoms. The molecule has 0 aliphatic carbocycles. The summed E-state index contributed by atoms with van der Waals surface area (Å²) in [5, 5.41) is 1.99. The standard InChI is InChI=1S/C26H29FN2O4S2/c1-3-14-28(35(31,32)22-10-4-19(2)5-11-22)17-26(30)29-15-12-25-23(13-16-34-25)24(29)18-33-21-8-6-20(27)7-9-21/h4-11,13,16,24H,3,12,14-15,17-18H2,1-2H3/t24-/m1/s1. The van der Waals surface area contributed by atoms with Crippen LogP contribution in [0.15, 0.2) is 64.9 Å².